The Morgan fingerprint density at radius 3 is 2.48 bits per heavy atom. The molecular formula is C16H25NO3S. The number of rotatable bonds is 6. The third-order valence-electron chi connectivity index (χ3n) is 4.28. The molecule has 118 valence electrons. The quantitative estimate of drug-likeness (QED) is 0.848. The average molecular weight is 311 g/mol. The van der Waals surface area contributed by atoms with Crippen molar-refractivity contribution in [1.82, 2.24) is 4.72 Å². The normalized spacial score (nSPS) is 23.1. The number of hydrogen-bond donors (Lipinski definition) is 2. The monoisotopic (exact) mass is 311 g/mol. The fourth-order valence-electron chi connectivity index (χ4n) is 2.88. The molecule has 1 aliphatic carbocycles. The Bertz CT molecular complexity index is 539. The van der Waals surface area contributed by atoms with Crippen LogP contribution in [0.4, 0.5) is 0 Å². The predicted octanol–water partition coefficient (Wildman–Crippen LogP) is 2.47. The topological polar surface area (TPSA) is 66.4 Å². The van der Waals surface area contributed by atoms with Crippen molar-refractivity contribution in [3.63, 3.8) is 0 Å². The molecule has 0 aliphatic heterocycles. The van der Waals surface area contributed by atoms with E-state index in [0.717, 1.165) is 31.2 Å². The van der Waals surface area contributed by atoms with Gasteiger partial charge in [0, 0.05) is 12.6 Å². The number of aliphatic hydroxyl groups is 1. The zero-order valence-electron chi connectivity index (χ0n) is 12.6. The highest BCUT2D eigenvalue weighted by Gasteiger charge is 2.26. The van der Waals surface area contributed by atoms with E-state index in [1.807, 2.05) is 12.1 Å². The number of aliphatic hydroxyl groups excluding tert-OH is 1. The van der Waals surface area contributed by atoms with Crippen LogP contribution in [0.25, 0.3) is 0 Å². The van der Waals surface area contributed by atoms with Crippen molar-refractivity contribution in [2.24, 2.45) is 5.92 Å². The van der Waals surface area contributed by atoms with E-state index < -0.39 is 10.0 Å². The van der Waals surface area contributed by atoms with Crippen LogP contribution in [-0.2, 0) is 16.4 Å². The Morgan fingerprint density at radius 1 is 1.19 bits per heavy atom. The van der Waals surface area contributed by atoms with Gasteiger partial charge in [-0.3, -0.25) is 0 Å². The number of hydrogen-bond acceptors (Lipinski definition) is 3. The maximum atomic E-state index is 12.4. The maximum Gasteiger partial charge on any atom is 0.240 e. The maximum absolute atomic E-state index is 12.4. The van der Waals surface area contributed by atoms with Gasteiger partial charge in [0.25, 0.3) is 0 Å². The second-order valence-corrected chi connectivity index (χ2v) is 7.67. The zero-order valence-corrected chi connectivity index (χ0v) is 13.4. The molecule has 1 aliphatic rings. The smallest absolute Gasteiger partial charge is 0.240 e. The van der Waals surface area contributed by atoms with E-state index in [1.165, 1.54) is 6.42 Å². The Hall–Kier alpha value is -0.910. The summed E-state index contributed by atoms with van der Waals surface area (Å²) in [7, 11) is -3.43. The summed E-state index contributed by atoms with van der Waals surface area (Å²) in [4.78, 5) is 0.327. The molecule has 21 heavy (non-hydrogen) atoms. The summed E-state index contributed by atoms with van der Waals surface area (Å²) in [5, 5.41) is 8.81. The van der Waals surface area contributed by atoms with E-state index >= 15 is 0 Å². The van der Waals surface area contributed by atoms with E-state index in [9.17, 15) is 8.42 Å². The lowest BCUT2D eigenvalue weighted by molar-refractivity contribution is 0.288. The van der Waals surface area contributed by atoms with Gasteiger partial charge in [-0.1, -0.05) is 31.9 Å². The molecular weight excluding hydrogens is 286 g/mol. The van der Waals surface area contributed by atoms with Crippen LogP contribution in [0.1, 0.15) is 44.6 Å². The molecule has 4 nitrogen and oxygen atoms in total. The molecule has 1 fully saturated rings. The molecule has 0 saturated heterocycles. The summed E-state index contributed by atoms with van der Waals surface area (Å²) in [5.41, 5.74) is 1.05. The fourth-order valence-corrected chi connectivity index (χ4v) is 4.26. The van der Waals surface area contributed by atoms with E-state index in [2.05, 4.69) is 11.6 Å². The number of benzene rings is 1. The lowest BCUT2D eigenvalue weighted by Gasteiger charge is -2.29. The highest BCUT2D eigenvalue weighted by molar-refractivity contribution is 7.89. The van der Waals surface area contributed by atoms with Crippen molar-refractivity contribution >= 4 is 10.0 Å². The van der Waals surface area contributed by atoms with Crippen LogP contribution < -0.4 is 4.72 Å². The van der Waals surface area contributed by atoms with Crippen molar-refractivity contribution in [1.29, 1.82) is 0 Å². The van der Waals surface area contributed by atoms with E-state index in [4.69, 9.17) is 5.11 Å². The first kappa shape index (κ1) is 16.5. The summed E-state index contributed by atoms with van der Waals surface area (Å²) >= 11 is 0. The predicted molar refractivity (Wildman–Crippen MR) is 83.6 cm³/mol. The molecule has 0 amide bonds. The number of sulfonamides is 1. The average Bonchev–Trinajstić information content (AvgIpc) is 2.48. The van der Waals surface area contributed by atoms with Gasteiger partial charge >= 0.3 is 0 Å². The minimum atomic E-state index is -3.43. The molecule has 2 atom stereocenters. The Kier molecular flexibility index (Phi) is 5.79. The van der Waals surface area contributed by atoms with E-state index in [0.29, 0.717) is 17.2 Å². The van der Waals surface area contributed by atoms with Gasteiger partial charge in [-0.05, 0) is 49.3 Å². The minimum absolute atomic E-state index is 0.0535. The zero-order chi connectivity index (χ0) is 15.3. The summed E-state index contributed by atoms with van der Waals surface area (Å²) in [6, 6.07) is 7.02. The van der Waals surface area contributed by atoms with Gasteiger partial charge in [0.1, 0.15) is 0 Å². The highest BCUT2D eigenvalue weighted by atomic mass is 32.2. The summed E-state index contributed by atoms with van der Waals surface area (Å²) < 4.78 is 27.7. The molecule has 2 rings (SSSR count). The van der Waals surface area contributed by atoms with Crippen molar-refractivity contribution in [3.05, 3.63) is 29.8 Å². The molecule has 0 spiro atoms. The van der Waals surface area contributed by atoms with Gasteiger partial charge < -0.3 is 5.11 Å². The summed E-state index contributed by atoms with van der Waals surface area (Å²) in [5.74, 6) is 0.400. The largest absolute Gasteiger partial charge is 0.396 e. The summed E-state index contributed by atoms with van der Waals surface area (Å²) in [6.07, 6.45) is 5.77. The standard InChI is InChI=1S/C16H25NO3S/c1-13-5-2-3-7-16(13)17-21(19,20)15-10-8-14(9-11-15)6-4-12-18/h8-11,13,16-18H,2-7,12H2,1H3. The Morgan fingerprint density at radius 2 is 1.86 bits per heavy atom. The Balaban J connectivity index is 2.04. The van der Waals surface area contributed by atoms with Crippen LogP contribution in [0.15, 0.2) is 29.2 Å². The Labute approximate surface area is 127 Å². The fraction of sp³-hybridized carbons (Fsp3) is 0.625. The summed E-state index contributed by atoms with van der Waals surface area (Å²) in [6.45, 7) is 2.27. The minimum Gasteiger partial charge on any atom is -0.396 e. The van der Waals surface area contributed by atoms with Crippen molar-refractivity contribution < 1.29 is 13.5 Å². The molecule has 1 aromatic carbocycles. The lowest BCUT2D eigenvalue weighted by atomic mass is 9.87. The molecule has 5 heteroatoms. The van der Waals surface area contributed by atoms with Crippen LogP contribution >= 0.6 is 0 Å². The van der Waals surface area contributed by atoms with Gasteiger partial charge in [-0.25, -0.2) is 13.1 Å². The van der Waals surface area contributed by atoms with Crippen molar-refractivity contribution in [2.45, 2.75) is 56.4 Å². The van der Waals surface area contributed by atoms with Gasteiger partial charge in [0.2, 0.25) is 10.0 Å². The molecule has 1 saturated carbocycles. The van der Waals surface area contributed by atoms with Gasteiger partial charge in [-0.2, -0.15) is 0 Å². The van der Waals surface area contributed by atoms with Crippen LogP contribution in [0, 0.1) is 5.92 Å². The first-order valence-electron chi connectivity index (χ1n) is 7.75. The third-order valence-corrected chi connectivity index (χ3v) is 5.78. The van der Waals surface area contributed by atoms with Gasteiger partial charge in [0.05, 0.1) is 4.90 Å². The van der Waals surface area contributed by atoms with Gasteiger partial charge in [-0.15, -0.1) is 0 Å². The molecule has 1 aromatic rings. The van der Waals surface area contributed by atoms with Crippen LogP contribution in [0.5, 0.6) is 0 Å². The van der Waals surface area contributed by atoms with Crippen LogP contribution in [-0.4, -0.2) is 26.2 Å². The van der Waals surface area contributed by atoms with Crippen molar-refractivity contribution in [2.75, 3.05) is 6.61 Å². The van der Waals surface area contributed by atoms with Crippen LogP contribution in [0.2, 0.25) is 0 Å². The number of nitrogens with one attached hydrogen (secondary N) is 1. The second kappa shape index (κ2) is 7.38. The van der Waals surface area contributed by atoms with Gasteiger partial charge in [0.15, 0.2) is 0 Å². The third kappa shape index (κ3) is 4.53. The van der Waals surface area contributed by atoms with E-state index in [-0.39, 0.29) is 12.6 Å². The molecule has 2 N–H and O–H groups in total. The molecule has 0 heterocycles. The SMILES string of the molecule is CC1CCCCC1NS(=O)(=O)c1ccc(CCCO)cc1. The lowest BCUT2D eigenvalue weighted by Crippen LogP contribution is -2.40. The van der Waals surface area contributed by atoms with E-state index in [1.54, 1.807) is 12.1 Å². The first-order valence-corrected chi connectivity index (χ1v) is 9.23. The van der Waals surface area contributed by atoms with Crippen LogP contribution in [0.3, 0.4) is 0 Å². The van der Waals surface area contributed by atoms with Crippen molar-refractivity contribution in [3.8, 4) is 0 Å². The molecule has 0 radical (unpaired) electrons. The molecule has 0 bridgehead atoms. The second-order valence-electron chi connectivity index (χ2n) is 5.96. The number of aryl methyl sites for hydroxylation is 1. The molecule has 0 aromatic heterocycles. The highest BCUT2D eigenvalue weighted by Crippen LogP contribution is 2.25. The first-order chi connectivity index (χ1) is 10.0. The molecule has 2 unspecified atom stereocenters.